The zero-order valence-electron chi connectivity index (χ0n) is 11.8. The lowest BCUT2D eigenvalue weighted by atomic mass is 9.98. The second-order valence-corrected chi connectivity index (χ2v) is 5.39. The molecule has 1 saturated heterocycles. The number of anilines is 1. The predicted molar refractivity (Wildman–Crippen MR) is 80.5 cm³/mol. The van der Waals surface area contributed by atoms with Crippen LogP contribution in [0, 0.1) is 5.92 Å². The maximum Gasteiger partial charge on any atom is 0.165 e. The summed E-state index contributed by atoms with van der Waals surface area (Å²) in [5.74, 6) is 1.65. The molecule has 1 aromatic carbocycles. The second-order valence-electron chi connectivity index (χ2n) is 5.39. The fourth-order valence-corrected chi connectivity index (χ4v) is 2.70. The highest BCUT2D eigenvalue weighted by Crippen LogP contribution is 2.26. The molecule has 1 aromatic heterocycles. The zero-order valence-corrected chi connectivity index (χ0v) is 11.8. The Kier molecular flexibility index (Phi) is 3.97. The Morgan fingerprint density at radius 1 is 1.30 bits per heavy atom. The molecule has 0 aliphatic carbocycles. The van der Waals surface area contributed by atoms with Gasteiger partial charge in [0, 0.05) is 24.8 Å². The third kappa shape index (κ3) is 2.82. The summed E-state index contributed by atoms with van der Waals surface area (Å²) in [5, 5.41) is 15.2. The van der Waals surface area contributed by atoms with E-state index in [1.54, 1.807) is 6.33 Å². The van der Waals surface area contributed by atoms with Gasteiger partial charge in [0.25, 0.3) is 0 Å². The molecule has 2 N–H and O–H groups in total. The molecule has 0 spiro atoms. The summed E-state index contributed by atoms with van der Waals surface area (Å²) >= 11 is 0. The molecule has 2 heterocycles. The van der Waals surface area contributed by atoms with Gasteiger partial charge < -0.3 is 15.2 Å². The summed E-state index contributed by atoms with van der Waals surface area (Å²) in [6.45, 7) is 3.30. The third-order valence-corrected chi connectivity index (χ3v) is 3.92. The van der Waals surface area contributed by atoms with Gasteiger partial charge in [0.1, 0.15) is 6.33 Å². The third-order valence-electron chi connectivity index (χ3n) is 3.92. The van der Waals surface area contributed by atoms with E-state index in [9.17, 15) is 0 Å². The number of aromatic nitrogens is 3. The molecule has 3 rings (SSSR count). The zero-order chi connectivity index (χ0) is 13.8. The van der Waals surface area contributed by atoms with Crippen LogP contribution >= 0.6 is 0 Å². The monoisotopic (exact) mass is 271 g/mol. The number of rotatable bonds is 4. The van der Waals surface area contributed by atoms with E-state index in [2.05, 4.69) is 39.0 Å². The summed E-state index contributed by atoms with van der Waals surface area (Å²) in [6, 6.07) is 8.31. The van der Waals surface area contributed by atoms with E-state index in [0.717, 1.165) is 42.6 Å². The van der Waals surface area contributed by atoms with E-state index >= 15 is 0 Å². The SMILES string of the molecule is Cn1cnnc1-c1ccccc1NCC1CCNCC1. The van der Waals surface area contributed by atoms with Crippen molar-refractivity contribution in [1.82, 2.24) is 20.1 Å². The van der Waals surface area contributed by atoms with Gasteiger partial charge in [-0.25, -0.2) is 0 Å². The number of benzene rings is 1. The minimum Gasteiger partial charge on any atom is -0.384 e. The van der Waals surface area contributed by atoms with E-state index in [-0.39, 0.29) is 0 Å². The number of para-hydroxylation sites is 1. The van der Waals surface area contributed by atoms with E-state index < -0.39 is 0 Å². The lowest BCUT2D eigenvalue weighted by Crippen LogP contribution is -2.31. The first-order valence-corrected chi connectivity index (χ1v) is 7.22. The molecule has 1 aliphatic rings. The van der Waals surface area contributed by atoms with E-state index in [1.165, 1.54) is 12.8 Å². The van der Waals surface area contributed by atoms with E-state index in [1.807, 2.05) is 17.7 Å². The summed E-state index contributed by atoms with van der Waals surface area (Å²) in [4.78, 5) is 0. The summed E-state index contributed by atoms with van der Waals surface area (Å²) in [7, 11) is 1.97. The van der Waals surface area contributed by atoms with Crippen LogP contribution in [0.1, 0.15) is 12.8 Å². The van der Waals surface area contributed by atoms with Crippen LogP contribution in [0.15, 0.2) is 30.6 Å². The molecule has 2 aromatic rings. The first-order chi connectivity index (χ1) is 9.84. The molecule has 5 heteroatoms. The van der Waals surface area contributed by atoms with Gasteiger partial charge in [0.15, 0.2) is 5.82 Å². The molecule has 106 valence electrons. The lowest BCUT2D eigenvalue weighted by molar-refractivity contribution is 0.390. The van der Waals surface area contributed by atoms with Crippen LogP contribution < -0.4 is 10.6 Å². The van der Waals surface area contributed by atoms with Crippen LogP contribution in [0.5, 0.6) is 0 Å². The van der Waals surface area contributed by atoms with Crippen LogP contribution in [-0.2, 0) is 7.05 Å². The van der Waals surface area contributed by atoms with Crippen molar-refractivity contribution in [3.05, 3.63) is 30.6 Å². The van der Waals surface area contributed by atoms with Crippen LogP contribution in [0.3, 0.4) is 0 Å². The van der Waals surface area contributed by atoms with E-state index in [0.29, 0.717) is 0 Å². The Balaban J connectivity index is 1.74. The first kappa shape index (κ1) is 13.1. The fraction of sp³-hybridized carbons (Fsp3) is 0.467. The van der Waals surface area contributed by atoms with Crippen molar-refractivity contribution in [2.45, 2.75) is 12.8 Å². The predicted octanol–water partition coefficient (Wildman–Crippen LogP) is 1.89. The smallest absolute Gasteiger partial charge is 0.165 e. The van der Waals surface area contributed by atoms with Crippen LogP contribution in [0.2, 0.25) is 0 Å². The number of nitrogens with one attached hydrogen (secondary N) is 2. The molecule has 1 fully saturated rings. The normalized spacial score (nSPS) is 16.2. The topological polar surface area (TPSA) is 54.8 Å². The minimum atomic E-state index is 0.754. The first-order valence-electron chi connectivity index (χ1n) is 7.22. The average Bonchev–Trinajstić information content (AvgIpc) is 2.92. The Hall–Kier alpha value is -1.88. The fourth-order valence-electron chi connectivity index (χ4n) is 2.70. The van der Waals surface area contributed by atoms with Crippen molar-refractivity contribution in [2.75, 3.05) is 25.0 Å². The maximum absolute atomic E-state index is 4.20. The molecule has 1 aliphatic heterocycles. The second kappa shape index (κ2) is 6.05. The molecule has 0 atom stereocenters. The van der Waals surface area contributed by atoms with Crippen molar-refractivity contribution in [3.63, 3.8) is 0 Å². The van der Waals surface area contributed by atoms with Gasteiger partial charge in [-0.3, -0.25) is 0 Å². The average molecular weight is 271 g/mol. The lowest BCUT2D eigenvalue weighted by Gasteiger charge is -2.23. The van der Waals surface area contributed by atoms with Crippen molar-refractivity contribution in [1.29, 1.82) is 0 Å². The van der Waals surface area contributed by atoms with Crippen LogP contribution in [0.4, 0.5) is 5.69 Å². The molecule has 0 bridgehead atoms. The summed E-state index contributed by atoms with van der Waals surface area (Å²) in [6.07, 6.45) is 4.23. The minimum absolute atomic E-state index is 0.754. The van der Waals surface area contributed by atoms with Crippen molar-refractivity contribution in [2.24, 2.45) is 13.0 Å². The van der Waals surface area contributed by atoms with Gasteiger partial charge in [0.2, 0.25) is 0 Å². The van der Waals surface area contributed by atoms with Gasteiger partial charge in [0.05, 0.1) is 0 Å². The Labute approximate surface area is 119 Å². The highest BCUT2D eigenvalue weighted by atomic mass is 15.2. The van der Waals surface area contributed by atoms with Crippen molar-refractivity contribution < 1.29 is 0 Å². The maximum atomic E-state index is 4.20. The Morgan fingerprint density at radius 3 is 2.85 bits per heavy atom. The number of aryl methyl sites for hydroxylation is 1. The molecule has 0 saturated carbocycles. The van der Waals surface area contributed by atoms with Crippen LogP contribution in [0.25, 0.3) is 11.4 Å². The Morgan fingerprint density at radius 2 is 2.10 bits per heavy atom. The van der Waals surface area contributed by atoms with Gasteiger partial charge in [-0.15, -0.1) is 10.2 Å². The van der Waals surface area contributed by atoms with Gasteiger partial charge >= 0.3 is 0 Å². The van der Waals surface area contributed by atoms with Crippen molar-refractivity contribution in [3.8, 4) is 11.4 Å². The van der Waals surface area contributed by atoms with Gasteiger partial charge in [-0.2, -0.15) is 0 Å². The quantitative estimate of drug-likeness (QED) is 0.891. The molecule has 0 unspecified atom stereocenters. The molecule has 0 radical (unpaired) electrons. The molecular formula is C15H21N5. The Bertz CT molecular complexity index is 557. The van der Waals surface area contributed by atoms with Gasteiger partial charge in [-0.05, 0) is 44.0 Å². The summed E-state index contributed by atoms with van der Waals surface area (Å²) < 4.78 is 1.95. The number of hydrogen-bond donors (Lipinski definition) is 2. The molecule has 20 heavy (non-hydrogen) atoms. The molecular weight excluding hydrogens is 250 g/mol. The summed E-state index contributed by atoms with van der Waals surface area (Å²) in [5.41, 5.74) is 2.25. The standard InChI is InChI=1S/C15H21N5/c1-20-11-18-19-15(20)13-4-2-3-5-14(13)17-10-12-6-8-16-9-7-12/h2-5,11-12,16-17H,6-10H2,1H3. The number of piperidine rings is 1. The number of hydrogen-bond acceptors (Lipinski definition) is 4. The molecule has 0 amide bonds. The van der Waals surface area contributed by atoms with Crippen molar-refractivity contribution >= 4 is 5.69 Å². The number of nitrogens with zero attached hydrogens (tertiary/aromatic N) is 3. The highest BCUT2D eigenvalue weighted by molar-refractivity contribution is 5.73. The van der Waals surface area contributed by atoms with Crippen LogP contribution in [-0.4, -0.2) is 34.4 Å². The highest BCUT2D eigenvalue weighted by Gasteiger charge is 2.14. The molecule has 5 nitrogen and oxygen atoms in total. The largest absolute Gasteiger partial charge is 0.384 e. The van der Waals surface area contributed by atoms with E-state index in [4.69, 9.17) is 0 Å². The van der Waals surface area contributed by atoms with Gasteiger partial charge in [-0.1, -0.05) is 12.1 Å².